The van der Waals surface area contributed by atoms with Crippen LogP contribution in [0.2, 0.25) is 0 Å². The molecule has 0 aliphatic heterocycles. The standard InChI is InChI=1S/C10H11NO2S/c11-5-4-9(12)10(13)7-2-1-3-8(14)6-7/h1-3,6,9-10,12-14H,4H2. The van der Waals surface area contributed by atoms with Crippen molar-refractivity contribution in [1.82, 2.24) is 0 Å². The zero-order chi connectivity index (χ0) is 10.6. The van der Waals surface area contributed by atoms with E-state index in [1.807, 2.05) is 0 Å². The summed E-state index contributed by atoms with van der Waals surface area (Å²) in [4.78, 5) is 0.714. The molecule has 0 spiro atoms. The van der Waals surface area contributed by atoms with Gasteiger partial charge in [0, 0.05) is 4.90 Å². The normalized spacial score (nSPS) is 14.4. The van der Waals surface area contributed by atoms with Crippen molar-refractivity contribution < 1.29 is 10.2 Å². The molecule has 0 saturated carbocycles. The number of nitrogens with zero attached hydrogens (tertiary/aromatic N) is 1. The highest BCUT2D eigenvalue weighted by Gasteiger charge is 2.17. The molecule has 0 saturated heterocycles. The molecule has 0 heterocycles. The minimum atomic E-state index is -1.05. The van der Waals surface area contributed by atoms with Crippen LogP contribution in [-0.4, -0.2) is 16.3 Å². The first-order chi connectivity index (χ1) is 6.65. The van der Waals surface area contributed by atoms with Crippen molar-refractivity contribution in [3.8, 4) is 6.07 Å². The van der Waals surface area contributed by atoms with Gasteiger partial charge in [0.25, 0.3) is 0 Å². The number of hydrogen-bond acceptors (Lipinski definition) is 4. The van der Waals surface area contributed by atoms with Crippen LogP contribution in [-0.2, 0) is 0 Å². The van der Waals surface area contributed by atoms with Gasteiger partial charge in [0.2, 0.25) is 0 Å². The molecule has 14 heavy (non-hydrogen) atoms. The van der Waals surface area contributed by atoms with Crippen LogP contribution in [0.5, 0.6) is 0 Å². The van der Waals surface area contributed by atoms with E-state index in [-0.39, 0.29) is 6.42 Å². The van der Waals surface area contributed by atoms with Crippen molar-refractivity contribution in [3.05, 3.63) is 29.8 Å². The Balaban J connectivity index is 2.79. The lowest BCUT2D eigenvalue weighted by molar-refractivity contribution is 0.0215. The second kappa shape index (κ2) is 5.01. The van der Waals surface area contributed by atoms with E-state index in [1.165, 1.54) is 0 Å². The van der Waals surface area contributed by atoms with Crippen molar-refractivity contribution in [1.29, 1.82) is 5.26 Å². The second-order valence-electron chi connectivity index (χ2n) is 2.97. The zero-order valence-electron chi connectivity index (χ0n) is 7.46. The number of benzene rings is 1. The summed E-state index contributed by atoms with van der Waals surface area (Å²) in [6.07, 6.45) is -2.16. The molecule has 0 amide bonds. The Morgan fingerprint density at radius 1 is 1.43 bits per heavy atom. The average Bonchev–Trinajstić information content (AvgIpc) is 2.17. The van der Waals surface area contributed by atoms with Crippen molar-refractivity contribution in [2.45, 2.75) is 23.5 Å². The van der Waals surface area contributed by atoms with Crippen molar-refractivity contribution in [2.75, 3.05) is 0 Å². The molecular formula is C10H11NO2S. The third kappa shape index (κ3) is 2.74. The van der Waals surface area contributed by atoms with Gasteiger partial charge in [0.05, 0.1) is 18.6 Å². The minimum absolute atomic E-state index is 0.0854. The summed E-state index contributed by atoms with van der Waals surface area (Å²) in [6.45, 7) is 0. The monoisotopic (exact) mass is 209 g/mol. The van der Waals surface area contributed by atoms with Gasteiger partial charge in [-0.3, -0.25) is 0 Å². The van der Waals surface area contributed by atoms with Gasteiger partial charge in [0.1, 0.15) is 6.10 Å². The molecule has 0 fully saturated rings. The quantitative estimate of drug-likeness (QED) is 0.657. The average molecular weight is 209 g/mol. The molecule has 1 aromatic rings. The Hall–Kier alpha value is -1.02. The van der Waals surface area contributed by atoms with E-state index in [0.717, 1.165) is 0 Å². The van der Waals surface area contributed by atoms with Gasteiger partial charge in [-0.1, -0.05) is 12.1 Å². The van der Waals surface area contributed by atoms with Gasteiger partial charge in [-0.15, -0.1) is 12.6 Å². The Kier molecular flexibility index (Phi) is 3.96. The van der Waals surface area contributed by atoms with E-state index in [2.05, 4.69) is 12.6 Å². The van der Waals surface area contributed by atoms with Gasteiger partial charge in [0.15, 0.2) is 0 Å². The molecule has 2 unspecified atom stereocenters. The second-order valence-corrected chi connectivity index (χ2v) is 3.49. The van der Waals surface area contributed by atoms with Gasteiger partial charge in [-0.25, -0.2) is 0 Å². The molecule has 0 aromatic heterocycles. The Bertz CT molecular complexity index is 348. The highest BCUT2D eigenvalue weighted by molar-refractivity contribution is 7.80. The predicted molar refractivity (Wildman–Crippen MR) is 54.9 cm³/mol. The number of aliphatic hydroxyl groups excluding tert-OH is 2. The summed E-state index contributed by atoms with van der Waals surface area (Å²) in [6, 6.07) is 8.66. The van der Waals surface area contributed by atoms with E-state index < -0.39 is 12.2 Å². The van der Waals surface area contributed by atoms with E-state index in [9.17, 15) is 10.2 Å². The molecule has 1 rings (SSSR count). The molecule has 2 atom stereocenters. The summed E-state index contributed by atoms with van der Waals surface area (Å²) in [5.74, 6) is 0. The first-order valence-corrected chi connectivity index (χ1v) is 4.62. The number of hydrogen-bond donors (Lipinski definition) is 3. The molecule has 3 nitrogen and oxygen atoms in total. The first-order valence-electron chi connectivity index (χ1n) is 4.17. The minimum Gasteiger partial charge on any atom is -0.389 e. The molecule has 2 N–H and O–H groups in total. The van der Waals surface area contributed by atoms with Crippen LogP contribution in [0.4, 0.5) is 0 Å². The SMILES string of the molecule is N#CCC(O)C(O)c1cccc(S)c1. The van der Waals surface area contributed by atoms with Crippen molar-refractivity contribution >= 4 is 12.6 Å². The van der Waals surface area contributed by atoms with Crippen LogP contribution in [0.1, 0.15) is 18.1 Å². The van der Waals surface area contributed by atoms with E-state index in [4.69, 9.17) is 5.26 Å². The summed E-state index contributed by atoms with van der Waals surface area (Å²) in [5, 5.41) is 27.3. The predicted octanol–water partition coefficient (Wildman–Crippen LogP) is 1.28. The van der Waals surface area contributed by atoms with Crippen LogP contribution in [0.15, 0.2) is 29.2 Å². The molecular weight excluding hydrogens is 198 g/mol. The largest absolute Gasteiger partial charge is 0.389 e. The number of thiol groups is 1. The number of nitriles is 1. The third-order valence-corrected chi connectivity index (χ3v) is 2.15. The summed E-state index contributed by atoms with van der Waals surface area (Å²) < 4.78 is 0. The van der Waals surface area contributed by atoms with Crippen LogP contribution < -0.4 is 0 Å². The molecule has 0 radical (unpaired) electrons. The summed E-state index contributed by atoms with van der Waals surface area (Å²) in [5.41, 5.74) is 0.570. The van der Waals surface area contributed by atoms with Gasteiger partial charge >= 0.3 is 0 Å². The van der Waals surface area contributed by atoms with E-state index in [0.29, 0.717) is 10.5 Å². The zero-order valence-corrected chi connectivity index (χ0v) is 8.35. The fourth-order valence-electron chi connectivity index (χ4n) is 1.14. The topological polar surface area (TPSA) is 64.2 Å². The molecule has 1 aromatic carbocycles. The van der Waals surface area contributed by atoms with E-state index >= 15 is 0 Å². The smallest absolute Gasteiger partial charge is 0.106 e. The Morgan fingerprint density at radius 2 is 2.14 bits per heavy atom. The Labute approximate surface area is 88.0 Å². The van der Waals surface area contributed by atoms with Gasteiger partial charge in [-0.05, 0) is 17.7 Å². The molecule has 0 aliphatic rings. The van der Waals surface area contributed by atoms with Crippen LogP contribution >= 0.6 is 12.6 Å². The lowest BCUT2D eigenvalue weighted by Crippen LogP contribution is -2.17. The maximum atomic E-state index is 9.61. The molecule has 0 bridgehead atoms. The summed E-state index contributed by atoms with van der Waals surface area (Å²) >= 11 is 4.11. The maximum Gasteiger partial charge on any atom is 0.106 e. The van der Waals surface area contributed by atoms with Gasteiger partial charge in [-0.2, -0.15) is 5.26 Å². The fraction of sp³-hybridized carbons (Fsp3) is 0.300. The van der Waals surface area contributed by atoms with Crippen molar-refractivity contribution in [3.63, 3.8) is 0 Å². The Morgan fingerprint density at radius 3 is 2.71 bits per heavy atom. The first kappa shape index (κ1) is 11.1. The van der Waals surface area contributed by atoms with Crippen LogP contribution in [0.3, 0.4) is 0 Å². The molecule has 74 valence electrons. The lowest BCUT2D eigenvalue weighted by Gasteiger charge is -2.15. The number of aliphatic hydroxyl groups is 2. The fourth-order valence-corrected chi connectivity index (χ4v) is 1.37. The van der Waals surface area contributed by atoms with Gasteiger partial charge < -0.3 is 10.2 Å². The van der Waals surface area contributed by atoms with Crippen LogP contribution in [0.25, 0.3) is 0 Å². The molecule has 0 aliphatic carbocycles. The lowest BCUT2D eigenvalue weighted by atomic mass is 10.0. The molecule has 4 heteroatoms. The maximum absolute atomic E-state index is 9.61. The highest BCUT2D eigenvalue weighted by Crippen LogP contribution is 2.20. The van der Waals surface area contributed by atoms with Crippen LogP contribution in [0, 0.1) is 11.3 Å². The number of rotatable bonds is 3. The van der Waals surface area contributed by atoms with Crippen molar-refractivity contribution in [2.24, 2.45) is 0 Å². The highest BCUT2D eigenvalue weighted by atomic mass is 32.1. The van der Waals surface area contributed by atoms with E-state index in [1.54, 1.807) is 30.3 Å². The third-order valence-electron chi connectivity index (χ3n) is 1.88. The summed E-state index contributed by atoms with van der Waals surface area (Å²) in [7, 11) is 0.